The third-order valence-electron chi connectivity index (χ3n) is 3.13. The van der Waals surface area contributed by atoms with Crippen molar-refractivity contribution in [2.45, 2.75) is 31.8 Å². The Labute approximate surface area is 123 Å². The largest absolute Gasteiger partial charge is 0.361 e. The Bertz CT molecular complexity index is 685. The monoisotopic (exact) mass is 313 g/mol. The highest BCUT2D eigenvalue weighted by Crippen LogP contribution is 2.14. The molecule has 0 aliphatic rings. The number of sulfonamides is 1. The molecule has 116 valence electrons. The number of likely N-dealkylation sites (N-methyl/N-ethyl adjacent to an activating group) is 1. The minimum Gasteiger partial charge on any atom is -0.361 e. The average Bonchev–Trinajstić information content (AvgIpc) is 3.03. The number of rotatable bonds is 7. The highest BCUT2D eigenvalue weighted by atomic mass is 32.2. The van der Waals surface area contributed by atoms with Crippen LogP contribution in [0.3, 0.4) is 0 Å². The van der Waals surface area contributed by atoms with Crippen LogP contribution in [0, 0.1) is 13.8 Å². The molecule has 0 aliphatic heterocycles. The fourth-order valence-corrected chi connectivity index (χ4v) is 2.78. The Morgan fingerprint density at radius 2 is 2.14 bits per heavy atom. The zero-order valence-corrected chi connectivity index (χ0v) is 13.1. The van der Waals surface area contributed by atoms with Gasteiger partial charge in [0.25, 0.3) is 0 Å². The molecule has 0 atom stereocenters. The molecule has 21 heavy (non-hydrogen) atoms. The zero-order chi connectivity index (χ0) is 15.5. The lowest BCUT2D eigenvalue weighted by Gasteiger charge is -2.04. The van der Waals surface area contributed by atoms with Gasteiger partial charge in [-0.25, -0.2) is 13.1 Å². The third-order valence-corrected chi connectivity index (χ3v) is 4.49. The van der Waals surface area contributed by atoms with Crippen molar-refractivity contribution in [3.05, 3.63) is 29.4 Å². The van der Waals surface area contributed by atoms with Gasteiger partial charge in [-0.1, -0.05) is 5.16 Å². The Balaban J connectivity index is 2.06. The molecule has 0 saturated heterocycles. The summed E-state index contributed by atoms with van der Waals surface area (Å²) >= 11 is 0. The van der Waals surface area contributed by atoms with Crippen molar-refractivity contribution in [2.24, 2.45) is 0 Å². The summed E-state index contributed by atoms with van der Waals surface area (Å²) in [6.45, 7) is 4.99. The molecule has 0 unspecified atom stereocenters. The summed E-state index contributed by atoms with van der Waals surface area (Å²) in [5.74, 6) is 0.611. The van der Waals surface area contributed by atoms with Crippen LogP contribution in [0.4, 0.5) is 0 Å². The quantitative estimate of drug-likeness (QED) is 0.756. The van der Waals surface area contributed by atoms with Gasteiger partial charge >= 0.3 is 0 Å². The predicted octanol–water partition coefficient (Wildman–Crippen LogP) is 0.186. The van der Waals surface area contributed by atoms with Gasteiger partial charge in [0, 0.05) is 24.8 Å². The minimum atomic E-state index is -3.60. The third kappa shape index (κ3) is 3.69. The van der Waals surface area contributed by atoms with Crippen molar-refractivity contribution in [1.29, 1.82) is 0 Å². The Morgan fingerprint density at radius 3 is 2.76 bits per heavy atom. The lowest BCUT2D eigenvalue weighted by molar-refractivity contribution is 0.392. The first-order chi connectivity index (χ1) is 9.94. The molecule has 0 amide bonds. The van der Waals surface area contributed by atoms with Crippen molar-refractivity contribution >= 4 is 10.0 Å². The molecule has 0 spiro atoms. The SMILES string of the molecule is CNCCn1cc(S(=O)(=O)NCc2c(C)noc2C)cn1. The zero-order valence-electron chi connectivity index (χ0n) is 12.3. The maximum atomic E-state index is 12.2. The molecule has 0 bridgehead atoms. The molecule has 2 heterocycles. The van der Waals surface area contributed by atoms with Crippen molar-refractivity contribution < 1.29 is 12.9 Å². The molecule has 2 aromatic heterocycles. The second kappa shape index (κ2) is 6.37. The molecule has 9 heteroatoms. The highest BCUT2D eigenvalue weighted by Gasteiger charge is 2.18. The van der Waals surface area contributed by atoms with Crippen LogP contribution >= 0.6 is 0 Å². The van der Waals surface area contributed by atoms with Gasteiger partial charge in [0.2, 0.25) is 10.0 Å². The maximum Gasteiger partial charge on any atom is 0.243 e. The first-order valence-corrected chi connectivity index (χ1v) is 8.01. The van der Waals surface area contributed by atoms with E-state index in [2.05, 4.69) is 20.3 Å². The van der Waals surface area contributed by atoms with Crippen LogP contribution in [0.5, 0.6) is 0 Å². The molecule has 8 nitrogen and oxygen atoms in total. The van der Waals surface area contributed by atoms with Crippen LogP contribution in [0.15, 0.2) is 21.8 Å². The van der Waals surface area contributed by atoms with Gasteiger partial charge in [-0.05, 0) is 20.9 Å². The van der Waals surface area contributed by atoms with Gasteiger partial charge in [0.05, 0.1) is 18.4 Å². The van der Waals surface area contributed by atoms with E-state index in [0.29, 0.717) is 24.5 Å². The van der Waals surface area contributed by atoms with Crippen LogP contribution in [-0.4, -0.2) is 36.9 Å². The number of aryl methyl sites for hydroxylation is 2. The van der Waals surface area contributed by atoms with Crippen molar-refractivity contribution in [3.8, 4) is 0 Å². The highest BCUT2D eigenvalue weighted by molar-refractivity contribution is 7.89. The minimum absolute atomic E-state index is 0.144. The van der Waals surface area contributed by atoms with Gasteiger partial charge < -0.3 is 9.84 Å². The molecule has 0 fully saturated rings. The van der Waals surface area contributed by atoms with Crippen LogP contribution in [0.1, 0.15) is 17.0 Å². The number of aromatic nitrogens is 3. The lowest BCUT2D eigenvalue weighted by Crippen LogP contribution is -2.23. The molecule has 2 aromatic rings. The van der Waals surface area contributed by atoms with E-state index in [1.165, 1.54) is 12.4 Å². The molecule has 0 saturated carbocycles. The summed E-state index contributed by atoms with van der Waals surface area (Å²) in [6.07, 6.45) is 2.85. The lowest BCUT2D eigenvalue weighted by atomic mass is 10.2. The summed E-state index contributed by atoms with van der Waals surface area (Å²) in [5.41, 5.74) is 1.43. The fraction of sp³-hybridized carbons (Fsp3) is 0.500. The van der Waals surface area contributed by atoms with E-state index < -0.39 is 10.0 Å². The van der Waals surface area contributed by atoms with E-state index in [-0.39, 0.29) is 11.4 Å². The standard InChI is InChI=1S/C12H19N5O3S/c1-9-12(10(2)20-16-9)7-15-21(18,19)11-6-14-17(8-11)5-4-13-3/h6,8,13,15H,4-5,7H2,1-3H3. The molecule has 0 radical (unpaired) electrons. The predicted molar refractivity (Wildman–Crippen MR) is 76.2 cm³/mol. The molecular weight excluding hydrogens is 294 g/mol. The molecule has 0 aliphatic carbocycles. The summed E-state index contributed by atoms with van der Waals surface area (Å²) in [4.78, 5) is 0.144. The van der Waals surface area contributed by atoms with E-state index in [1.807, 2.05) is 7.05 Å². The second-order valence-electron chi connectivity index (χ2n) is 4.67. The van der Waals surface area contributed by atoms with Crippen LogP contribution in [0.25, 0.3) is 0 Å². The Hall–Kier alpha value is -1.71. The van der Waals surface area contributed by atoms with Gasteiger partial charge in [0.15, 0.2) is 0 Å². The fourth-order valence-electron chi connectivity index (χ4n) is 1.84. The van der Waals surface area contributed by atoms with E-state index in [1.54, 1.807) is 18.5 Å². The van der Waals surface area contributed by atoms with Crippen molar-refractivity contribution in [2.75, 3.05) is 13.6 Å². The molecule has 2 rings (SSSR count). The number of nitrogens with zero attached hydrogens (tertiary/aromatic N) is 3. The number of hydrogen-bond acceptors (Lipinski definition) is 6. The van der Waals surface area contributed by atoms with Crippen molar-refractivity contribution in [3.63, 3.8) is 0 Å². The van der Waals surface area contributed by atoms with Crippen LogP contribution in [-0.2, 0) is 23.1 Å². The first-order valence-electron chi connectivity index (χ1n) is 6.52. The Kier molecular flexibility index (Phi) is 4.76. The summed E-state index contributed by atoms with van der Waals surface area (Å²) in [7, 11) is -1.77. The summed E-state index contributed by atoms with van der Waals surface area (Å²) in [5, 5.41) is 10.8. The summed E-state index contributed by atoms with van der Waals surface area (Å²) < 4.78 is 33.5. The number of hydrogen-bond donors (Lipinski definition) is 2. The normalized spacial score (nSPS) is 12.0. The molecular formula is C12H19N5O3S. The second-order valence-corrected chi connectivity index (χ2v) is 6.44. The van der Waals surface area contributed by atoms with E-state index in [4.69, 9.17) is 4.52 Å². The van der Waals surface area contributed by atoms with E-state index in [0.717, 1.165) is 5.56 Å². The topological polar surface area (TPSA) is 102 Å². The first kappa shape index (κ1) is 15.7. The van der Waals surface area contributed by atoms with Gasteiger partial charge in [-0.3, -0.25) is 4.68 Å². The summed E-state index contributed by atoms with van der Waals surface area (Å²) in [6, 6.07) is 0. The van der Waals surface area contributed by atoms with E-state index >= 15 is 0 Å². The van der Waals surface area contributed by atoms with E-state index in [9.17, 15) is 8.42 Å². The van der Waals surface area contributed by atoms with Gasteiger partial charge in [-0.15, -0.1) is 0 Å². The van der Waals surface area contributed by atoms with Gasteiger partial charge in [0.1, 0.15) is 10.7 Å². The van der Waals surface area contributed by atoms with Crippen molar-refractivity contribution in [1.82, 2.24) is 25.0 Å². The van der Waals surface area contributed by atoms with Crippen LogP contribution < -0.4 is 10.0 Å². The average molecular weight is 313 g/mol. The number of nitrogens with one attached hydrogen (secondary N) is 2. The van der Waals surface area contributed by atoms with Crippen LogP contribution in [0.2, 0.25) is 0 Å². The Morgan fingerprint density at radius 1 is 1.38 bits per heavy atom. The maximum absolute atomic E-state index is 12.2. The molecule has 2 N–H and O–H groups in total. The van der Waals surface area contributed by atoms with Gasteiger partial charge in [-0.2, -0.15) is 5.10 Å². The molecule has 0 aromatic carbocycles. The smallest absolute Gasteiger partial charge is 0.243 e.